The second-order valence-electron chi connectivity index (χ2n) is 8.82. The molecule has 0 unspecified atom stereocenters. The minimum absolute atomic E-state index is 0.188. The SMILES string of the molecule is C=CCn1c2ccccc2c2nnc(S[C@@H](CC)C(=O)Nc3sc4c(c3C(=O)OCC)CCCC4)nc21. The number of nitrogens with zero attached hydrogens (tertiary/aromatic N) is 4. The highest BCUT2D eigenvalue weighted by Crippen LogP contribution is 2.39. The van der Waals surface area contributed by atoms with Crippen LogP contribution in [0.5, 0.6) is 0 Å². The number of thioether (sulfide) groups is 1. The molecular weight excluding hydrogens is 506 g/mol. The molecule has 0 saturated carbocycles. The van der Waals surface area contributed by atoms with E-state index >= 15 is 0 Å². The summed E-state index contributed by atoms with van der Waals surface area (Å²) >= 11 is 2.77. The minimum Gasteiger partial charge on any atom is -0.462 e. The fourth-order valence-electron chi connectivity index (χ4n) is 4.77. The number of para-hydroxylation sites is 1. The fourth-order valence-corrected chi connectivity index (χ4v) is 6.86. The summed E-state index contributed by atoms with van der Waals surface area (Å²) in [5.74, 6) is -0.557. The van der Waals surface area contributed by atoms with Gasteiger partial charge in [0.2, 0.25) is 11.1 Å². The number of aromatic nitrogens is 4. The molecule has 0 spiro atoms. The monoisotopic (exact) mass is 535 g/mol. The van der Waals surface area contributed by atoms with Crippen LogP contribution in [0.4, 0.5) is 5.00 Å². The second-order valence-corrected chi connectivity index (χ2v) is 11.1. The first-order chi connectivity index (χ1) is 18.0. The van der Waals surface area contributed by atoms with Gasteiger partial charge in [-0.25, -0.2) is 9.78 Å². The Labute approximate surface area is 223 Å². The van der Waals surface area contributed by atoms with Crippen LogP contribution in [-0.4, -0.2) is 43.5 Å². The van der Waals surface area contributed by atoms with Crippen molar-refractivity contribution in [1.82, 2.24) is 19.7 Å². The largest absolute Gasteiger partial charge is 0.462 e. The number of thiophene rings is 1. The van der Waals surface area contributed by atoms with Gasteiger partial charge >= 0.3 is 5.97 Å². The van der Waals surface area contributed by atoms with Crippen molar-refractivity contribution in [3.63, 3.8) is 0 Å². The predicted octanol–water partition coefficient (Wildman–Crippen LogP) is 5.79. The lowest BCUT2D eigenvalue weighted by Gasteiger charge is -2.14. The zero-order chi connectivity index (χ0) is 25.9. The molecule has 0 aliphatic heterocycles. The topological polar surface area (TPSA) is 99.0 Å². The summed E-state index contributed by atoms with van der Waals surface area (Å²) in [4.78, 5) is 32.1. The van der Waals surface area contributed by atoms with Crippen molar-refractivity contribution >= 4 is 62.0 Å². The van der Waals surface area contributed by atoms with Gasteiger partial charge in [0.25, 0.3) is 0 Å². The van der Waals surface area contributed by atoms with Gasteiger partial charge < -0.3 is 14.6 Å². The molecule has 0 fully saturated rings. The third kappa shape index (κ3) is 4.87. The van der Waals surface area contributed by atoms with E-state index in [0.29, 0.717) is 40.9 Å². The van der Waals surface area contributed by atoms with Crippen molar-refractivity contribution in [1.29, 1.82) is 0 Å². The lowest BCUT2D eigenvalue weighted by atomic mass is 9.95. The van der Waals surface area contributed by atoms with Crippen molar-refractivity contribution in [3.05, 3.63) is 52.9 Å². The summed E-state index contributed by atoms with van der Waals surface area (Å²) in [5, 5.41) is 13.4. The highest BCUT2D eigenvalue weighted by atomic mass is 32.2. The number of hydrogen-bond donors (Lipinski definition) is 1. The molecule has 1 aromatic carbocycles. The van der Waals surface area contributed by atoms with Crippen molar-refractivity contribution in [2.45, 2.75) is 62.9 Å². The van der Waals surface area contributed by atoms with Crippen LogP contribution < -0.4 is 5.32 Å². The number of anilines is 1. The second kappa shape index (κ2) is 11.0. The molecule has 3 aromatic heterocycles. The molecule has 1 aliphatic rings. The van der Waals surface area contributed by atoms with Gasteiger partial charge in [-0.2, -0.15) is 0 Å². The minimum atomic E-state index is -0.453. The average Bonchev–Trinajstić information content (AvgIpc) is 3.42. The van der Waals surface area contributed by atoms with E-state index in [1.807, 2.05) is 37.3 Å². The standard InChI is InChI=1S/C27H29N5O3S2/c1-4-15-32-18-13-9-7-11-16(18)22-23(32)28-27(31-30-22)37-19(5-2)24(33)29-25-21(26(34)35-6-3)17-12-8-10-14-20(17)36-25/h4,7,9,11,13,19H,1,5-6,8,10,12,14-15H2,2-3H3,(H,29,33)/t19-/m0/s1. The maximum atomic E-state index is 13.4. The number of carbonyl (C=O) groups is 2. The first-order valence-electron chi connectivity index (χ1n) is 12.6. The number of fused-ring (bicyclic) bond motifs is 4. The summed E-state index contributed by atoms with van der Waals surface area (Å²) in [7, 11) is 0. The number of benzene rings is 1. The number of aryl methyl sites for hydroxylation is 1. The van der Waals surface area contributed by atoms with Crippen molar-refractivity contribution in [2.75, 3.05) is 11.9 Å². The number of esters is 1. The zero-order valence-corrected chi connectivity index (χ0v) is 22.6. The van der Waals surface area contributed by atoms with E-state index in [0.717, 1.165) is 47.7 Å². The normalized spacial score (nSPS) is 13.9. The molecule has 0 bridgehead atoms. The molecular formula is C27H29N5O3S2. The number of rotatable bonds is 9. The van der Waals surface area contributed by atoms with E-state index in [1.54, 1.807) is 6.92 Å². The number of carbonyl (C=O) groups excluding carboxylic acids is 2. The van der Waals surface area contributed by atoms with Crippen LogP contribution in [0.15, 0.2) is 42.1 Å². The van der Waals surface area contributed by atoms with Crippen LogP contribution in [0.3, 0.4) is 0 Å². The van der Waals surface area contributed by atoms with E-state index < -0.39 is 5.25 Å². The molecule has 10 heteroatoms. The van der Waals surface area contributed by atoms with Gasteiger partial charge in [-0.3, -0.25) is 4.79 Å². The molecule has 0 saturated heterocycles. The van der Waals surface area contributed by atoms with E-state index in [-0.39, 0.29) is 11.9 Å². The van der Waals surface area contributed by atoms with Gasteiger partial charge in [-0.15, -0.1) is 28.1 Å². The van der Waals surface area contributed by atoms with Crippen LogP contribution in [0, 0.1) is 0 Å². The summed E-state index contributed by atoms with van der Waals surface area (Å²) in [6.45, 7) is 8.49. The zero-order valence-electron chi connectivity index (χ0n) is 21.0. The first-order valence-corrected chi connectivity index (χ1v) is 14.3. The number of amides is 1. The smallest absolute Gasteiger partial charge is 0.341 e. The summed E-state index contributed by atoms with van der Waals surface area (Å²) in [6.07, 6.45) is 6.27. The van der Waals surface area contributed by atoms with Gasteiger partial charge in [0, 0.05) is 16.8 Å². The van der Waals surface area contributed by atoms with E-state index in [2.05, 4.69) is 26.7 Å². The molecule has 1 aliphatic carbocycles. The third-order valence-corrected chi connectivity index (χ3v) is 8.89. The van der Waals surface area contributed by atoms with Crippen molar-refractivity contribution in [3.8, 4) is 0 Å². The summed E-state index contributed by atoms with van der Waals surface area (Å²) in [5.41, 5.74) is 3.99. The molecule has 192 valence electrons. The molecule has 37 heavy (non-hydrogen) atoms. The molecule has 1 atom stereocenters. The molecule has 3 heterocycles. The average molecular weight is 536 g/mol. The van der Waals surface area contributed by atoms with Crippen LogP contribution >= 0.6 is 23.1 Å². The number of ether oxygens (including phenoxy) is 1. The number of allylic oxidation sites excluding steroid dienone is 1. The Morgan fingerprint density at radius 3 is 2.84 bits per heavy atom. The maximum Gasteiger partial charge on any atom is 0.341 e. The van der Waals surface area contributed by atoms with Crippen LogP contribution in [0.25, 0.3) is 22.1 Å². The molecule has 4 aromatic rings. The Balaban J connectivity index is 1.42. The van der Waals surface area contributed by atoms with E-state index in [1.165, 1.54) is 28.0 Å². The lowest BCUT2D eigenvalue weighted by Crippen LogP contribution is -2.25. The Morgan fingerprint density at radius 2 is 2.05 bits per heavy atom. The van der Waals surface area contributed by atoms with Gasteiger partial charge in [-0.1, -0.05) is 43.0 Å². The van der Waals surface area contributed by atoms with Gasteiger partial charge in [-0.05, 0) is 50.7 Å². The lowest BCUT2D eigenvalue weighted by molar-refractivity contribution is -0.115. The number of hydrogen-bond acceptors (Lipinski definition) is 8. The van der Waals surface area contributed by atoms with Crippen molar-refractivity contribution < 1.29 is 14.3 Å². The van der Waals surface area contributed by atoms with Gasteiger partial charge in [0.1, 0.15) is 10.5 Å². The Kier molecular flexibility index (Phi) is 7.57. The molecule has 0 radical (unpaired) electrons. The molecule has 8 nitrogen and oxygen atoms in total. The highest BCUT2D eigenvalue weighted by Gasteiger charge is 2.29. The summed E-state index contributed by atoms with van der Waals surface area (Å²) in [6, 6.07) is 7.98. The highest BCUT2D eigenvalue weighted by molar-refractivity contribution is 8.00. The third-order valence-electron chi connectivity index (χ3n) is 6.46. The Bertz CT molecular complexity index is 1490. The molecule has 1 N–H and O–H groups in total. The van der Waals surface area contributed by atoms with Gasteiger partial charge in [0.15, 0.2) is 5.65 Å². The Morgan fingerprint density at radius 1 is 1.24 bits per heavy atom. The van der Waals surface area contributed by atoms with Crippen LogP contribution in [0.1, 0.15) is 53.9 Å². The number of nitrogens with one attached hydrogen (secondary N) is 1. The first kappa shape index (κ1) is 25.4. The van der Waals surface area contributed by atoms with E-state index in [4.69, 9.17) is 9.72 Å². The molecule has 5 rings (SSSR count). The predicted molar refractivity (Wildman–Crippen MR) is 149 cm³/mol. The quantitative estimate of drug-likeness (QED) is 0.164. The van der Waals surface area contributed by atoms with E-state index in [9.17, 15) is 9.59 Å². The fraction of sp³-hybridized carbons (Fsp3) is 0.370. The Hall–Kier alpha value is -3.24. The van der Waals surface area contributed by atoms with Crippen LogP contribution in [-0.2, 0) is 28.9 Å². The maximum absolute atomic E-state index is 13.4. The van der Waals surface area contributed by atoms with Crippen LogP contribution in [0.2, 0.25) is 0 Å². The summed E-state index contributed by atoms with van der Waals surface area (Å²) < 4.78 is 7.38. The van der Waals surface area contributed by atoms with Gasteiger partial charge in [0.05, 0.1) is 22.9 Å². The van der Waals surface area contributed by atoms with Crippen molar-refractivity contribution in [2.24, 2.45) is 0 Å². The molecule has 1 amide bonds.